The van der Waals surface area contributed by atoms with Crippen molar-refractivity contribution in [2.45, 2.75) is 40.0 Å². The predicted molar refractivity (Wildman–Crippen MR) is 112 cm³/mol. The molecule has 0 spiro atoms. The van der Waals surface area contributed by atoms with Crippen LogP contribution in [-0.2, 0) is 4.79 Å². The van der Waals surface area contributed by atoms with Gasteiger partial charge in [0.15, 0.2) is 0 Å². The van der Waals surface area contributed by atoms with Crippen molar-refractivity contribution in [3.8, 4) is 11.3 Å². The van der Waals surface area contributed by atoms with E-state index in [1.54, 1.807) is 6.08 Å². The number of amides is 1. The lowest BCUT2D eigenvalue weighted by molar-refractivity contribution is -0.116. The molecule has 0 bridgehead atoms. The number of benzene rings is 1. The second-order valence-electron chi connectivity index (χ2n) is 6.98. The Bertz CT molecular complexity index is 952. The van der Waals surface area contributed by atoms with Gasteiger partial charge in [-0.25, -0.2) is 4.98 Å². The lowest BCUT2D eigenvalue weighted by Gasteiger charge is -2.03. The molecule has 4 heteroatoms. The van der Waals surface area contributed by atoms with E-state index >= 15 is 0 Å². The molecule has 0 saturated carbocycles. The van der Waals surface area contributed by atoms with Crippen LogP contribution >= 0.6 is 0 Å². The van der Waals surface area contributed by atoms with E-state index in [9.17, 15) is 4.79 Å². The second kappa shape index (κ2) is 8.67. The number of aromatic nitrogens is 2. The van der Waals surface area contributed by atoms with E-state index < -0.39 is 0 Å². The predicted octanol–water partition coefficient (Wildman–Crippen LogP) is 4.94. The van der Waals surface area contributed by atoms with Crippen molar-refractivity contribution in [1.29, 1.82) is 0 Å². The average Bonchev–Trinajstić information content (AvgIpc) is 3.01. The van der Waals surface area contributed by atoms with Gasteiger partial charge in [-0.2, -0.15) is 0 Å². The molecule has 0 radical (unpaired) electrons. The smallest absolute Gasteiger partial charge is 0.244 e. The molecule has 3 rings (SSSR count). The summed E-state index contributed by atoms with van der Waals surface area (Å²) in [5.41, 5.74) is 6.10. The van der Waals surface area contributed by atoms with Crippen LogP contribution < -0.4 is 5.32 Å². The summed E-state index contributed by atoms with van der Waals surface area (Å²) in [5.74, 6) is -0.0666. The zero-order chi connectivity index (χ0) is 19.2. The molecule has 0 aliphatic rings. The van der Waals surface area contributed by atoms with E-state index in [2.05, 4.69) is 62.5 Å². The molecular formula is C23H27N3O. The standard InChI is InChI=1S/C23H27N3O/c1-4-5-6-14-24-22(27)12-11-20-23(19-9-7-17(2)8-10-19)25-21-16-18(3)13-15-26(20)21/h7-13,15-16H,4-6,14H2,1-3H3,(H,24,27)/b12-11+. The van der Waals surface area contributed by atoms with E-state index in [-0.39, 0.29) is 5.91 Å². The number of imidazole rings is 1. The Morgan fingerprint density at radius 2 is 1.89 bits per heavy atom. The monoisotopic (exact) mass is 361 g/mol. The molecule has 3 aromatic rings. The van der Waals surface area contributed by atoms with Gasteiger partial charge in [-0.05, 0) is 44.0 Å². The normalized spacial score (nSPS) is 11.4. The summed E-state index contributed by atoms with van der Waals surface area (Å²) in [6.45, 7) is 6.99. The Balaban J connectivity index is 1.92. The molecule has 0 atom stereocenters. The lowest BCUT2D eigenvalue weighted by Crippen LogP contribution is -2.21. The van der Waals surface area contributed by atoms with E-state index in [1.807, 2.05) is 16.7 Å². The topological polar surface area (TPSA) is 46.4 Å². The average molecular weight is 361 g/mol. The van der Waals surface area contributed by atoms with Gasteiger partial charge in [0, 0.05) is 24.4 Å². The Morgan fingerprint density at radius 1 is 1.11 bits per heavy atom. The maximum Gasteiger partial charge on any atom is 0.244 e. The van der Waals surface area contributed by atoms with E-state index in [1.165, 1.54) is 5.56 Å². The highest BCUT2D eigenvalue weighted by molar-refractivity contribution is 5.92. The van der Waals surface area contributed by atoms with Crippen molar-refractivity contribution in [3.05, 3.63) is 65.5 Å². The quantitative estimate of drug-likeness (QED) is 0.479. The van der Waals surface area contributed by atoms with Crippen molar-refractivity contribution >= 4 is 17.6 Å². The van der Waals surface area contributed by atoms with Gasteiger partial charge in [0.05, 0.1) is 11.4 Å². The minimum Gasteiger partial charge on any atom is -0.353 e. The summed E-state index contributed by atoms with van der Waals surface area (Å²) in [5, 5.41) is 2.95. The molecule has 1 aromatic carbocycles. The van der Waals surface area contributed by atoms with Crippen LogP contribution in [0.4, 0.5) is 0 Å². The molecular weight excluding hydrogens is 334 g/mol. The number of pyridine rings is 1. The summed E-state index contributed by atoms with van der Waals surface area (Å²) in [7, 11) is 0. The van der Waals surface area contributed by atoms with Crippen LogP contribution in [0.1, 0.15) is 43.0 Å². The molecule has 0 saturated heterocycles. The van der Waals surface area contributed by atoms with Gasteiger partial charge in [0.25, 0.3) is 0 Å². The van der Waals surface area contributed by atoms with Gasteiger partial charge in [-0.1, -0.05) is 49.6 Å². The Hall–Kier alpha value is -2.88. The fourth-order valence-corrected chi connectivity index (χ4v) is 3.05. The molecule has 0 aliphatic carbocycles. The fraction of sp³-hybridized carbons (Fsp3) is 0.304. The van der Waals surface area contributed by atoms with Gasteiger partial charge in [0.2, 0.25) is 5.91 Å². The number of unbranched alkanes of at least 4 members (excludes halogenated alkanes) is 2. The number of carbonyl (C=O) groups excluding carboxylic acids is 1. The molecule has 2 aromatic heterocycles. The highest BCUT2D eigenvalue weighted by atomic mass is 16.1. The minimum absolute atomic E-state index is 0.0666. The van der Waals surface area contributed by atoms with E-state index in [0.717, 1.165) is 47.4 Å². The van der Waals surface area contributed by atoms with Crippen LogP contribution in [0.3, 0.4) is 0 Å². The Labute approximate surface area is 160 Å². The molecule has 0 aliphatic heterocycles. The first kappa shape index (κ1) is 18.9. The van der Waals surface area contributed by atoms with Gasteiger partial charge < -0.3 is 5.32 Å². The molecule has 27 heavy (non-hydrogen) atoms. The number of hydrogen-bond acceptors (Lipinski definition) is 2. The van der Waals surface area contributed by atoms with Gasteiger partial charge in [-0.3, -0.25) is 9.20 Å². The van der Waals surface area contributed by atoms with Gasteiger partial charge in [0.1, 0.15) is 5.65 Å². The molecule has 2 heterocycles. The molecule has 4 nitrogen and oxygen atoms in total. The number of aryl methyl sites for hydroxylation is 2. The van der Waals surface area contributed by atoms with Crippen LogP contribution in [0.25, 0.3) is 23.0 Å². The SMILES string of the molecule is CCCCCNC(=O)/C=C/c1c(-c2ccc(C)cc2)nc2cc(C)ccn12. The summed E-state index contributed by atoms with van der Waals surface area (Å²) in [4.78, 5) is 17.0. The number of nitrogens with zero attached hydrogens (tertiary/aromatic N) is 2. The first-order chi connectivity index (χ1) is 13.1. The minimum atomic E-state index is -0.0666. The lowest BCUT2D eigenvalue weighted by atomic mass is 10.1. The first-order valence-corrected chi connectivity index (χ1v) is 9.60. The van der Waals surface area contributed by atoms with Crippen LogP contribution in [-0.4, -0.2) is 21.8 Å². The number of nitrogens with one attached hydrogen (secondary N) is 1. The van der Waals surface area contributed by atoms with Crippen LogP contribution in [0, 0.1) is 13.8 Å². The number of rotatable bonds is 7. The summed E-state index contributed by atoms with van der Waals surface area (Å²) < 4.78 is 2.03. The maximum absolute atomic E-state index is 12.2. The molecule has 1 N–H and O–H groups in total. The number of fused-ring (bicyclic) bond motifs is 1. The first-order valence-electron chi connectivity index (χ1n) is 9.60. The zero-order valence-corrected chi connectivity index (χ0v) is 16.3. The van der Waals surface area contributed by atoms with Crippen molar-refractivity contribution in [2.24, 2.45) is 0 Å². The molecule has 1 amide bonds. The highest BCUT2D eigenvalue weighted by Crippen LogP contribution is 2.26. The van der Waals surface area contributed by atoms with Crippen molar-refractivity contribution in [2.75, 3.05) is 6.54 Å². The third-order valence-electron chi connectivity index (χ3n) is 4.62. The number of carbonyl (C=O) groups is 1. The van der Waals surface area contributed by atoms with Crippen molar-refractivity contribution < 1.29 is 4.79 Å². The molecule has 140 valence electrons. The van der Waals surface area contributed by atoms with Gasteiger partial charge >= 0.3 is 0 Å². The van der Waals surface area contributed by atoms with E-state index in [0.29, 0.717) is 6.54 Å². The van der Waals surface area contributed by atoms with Crippen LogP contribution in [0.5, 0.6) is 0 Å². The summed E-state index contributed by atoms with van der Waals surface area (Å²) in [6.07, 6.45) is 8.77. The molecule has 0 unspecified atom stereocenters. The van der Waals surface area contributed by atoms with Gasteiger partial charge in [-0.15, -0.1) is 0 Å². The van der Waals surface area contributed by atoms with Crippen LogP contribution in [0.2, 0.25) is 0 Å². The largest absolute Gasteiger partial charge is 0.353 e. The third kappa shape index (κ3) is 4.64. The molecule has 0 fully saturated rings. The fourth-order valence-electron chi connectivity index (χ4n) is 3.05. The van der Waals surface area contributed by atoms with E-state index in [4.69, 9.17) is 4.98 Å². The Morgan fingerprint density at radius 3 is 2.63 bits per heavy atom. The van der Waals surface area contributed by atoms with Crippen molar-refractivity contribution in [3.63, 3.8) is 0 Å². The van der Waals surface area contributed by atoms with Crippen LogP contribution in [0.15, 0.2) is 48.7 Å². The Kier molecular flexibility index (Phi) is 6.07. The third-order valence-corrected chi connectivity index (χ3v) is 4.62. The maximum atomic E-state index is 12.2. The van der Waals surface area contributed by atoms with Crippen molar-refractivity contribution in [1.82, 2.24) is 14.7 Å². The zero-order valence-electron chi connectivity index (χ0n) is 16.3. The summed E-state index contributed by atoms with van der Waals surface area (Å²) in [6, 6.07) is 12.4. The second-order valence-corrected chi connectivity index (χ2v) is 6.98. The summed E-state index contributed by atoms with van der Waals surface area (Å²) >= 11 is 0. The number of hydrogen-bond donors (Lipinski definition) is 1. The highest BCUT2D eigenvalue weighted by Gasteiger charge is 2.12.